The molecule has 1 N–H and O–H groups in total. The van der Waals surface area contributed by atoms with E-state index in [-0.39, 0.29) is 11.2 Å². The van der Waals surface area contributed by atoms with Crippen molar-refractivity contribution in [3.05, 3.63) is 65.2 Å². The zero-order chi connectivity index (χ0) is 17.2. The first-order chi connectivity index (χ1) is 11.7. The van der Waals surface area contributed by atoms with Crippen LogP contribution in [0.2, 0.25) is 5.02 Å². The maximum absolute atomic E-state index is 12.3. The molecule has 24 heavy (non-hydrogen) atoms. The third-order valence-corrected chi connectivity index (χ3v) is 6.07. The number of carbonyl (C=O) groups is 1. The summed E-state index contributed by atoms with van der Waals surface area (Å²) in [6, 6.07) is 18.0. The van der Waals surface area contributed by atoms with Crippen LogP contribution in [0.3, 0.4) is 0 Å². The van der Waals surface area contributed by atoms with E-state index in [4.69, 9.17) is 11.6 Å². The summed E-state index contributed by atoms with van der Waals surface area (Å²) in [6.07, 6.45) is 0.802. The van der Waals surface area contributed by atoms with E-state index in [2.05, 4.69) is 29.6 Å². The molecule has 0 aliphatic rings. The van der Waals surface area contributed by atoms with Gasteiger partial charge in [0.15, 0.2) is 0 Å². The van der Waals surface area contributed by atoms with E-state index in [1.54, 1.807) is 11.8 Å². The van der Waals surface area contributed by atoms with Crippen LogP contribution in [0.5, 0.6) is 0 Å². The fourth-order valence-corrected chi connectivity index (χ4v) is 4.05. The van der Waals surface area contributed by atoms with Crippen molar-refractivity contribution in [2.24, 2.45) is 0 Å². The summed E-state index contributed by atoms with van der Waals surface area (Å²) in [6.45, 7) is 2.74. The van der Waals surface area contributed by atoms with E-state index in [1.807, 2.05) is 49.0 Å². The number of hydrogen-bond donors (Lipinski definition) is 1. The Morgan fingerprint density at radius 3 is 2.50 bits per heavy atom. The van der Waals surface area contributed by atoms with Crippen molar-refractivity contribution in [1.29, 1.82) is 0 Å². The maximum Gasteiger partial charge on any atom is 0.233 e. The third-order valence-electron chi connectivity index (χ3n) is 3.41. The van der Waals surface area contributed by atoms with Crippen LogP contribution in [0.25, 0.3) is 0 Å². The van der Waals surface area contributed by atoms with Crippen LogP contribution in [0, 0.1) is 0 Å². The lowest BCUT2D eigenvalue weighted by Gasteiger charge is -2.14. The Morgan fingerprint density at radius 2 is 1.83 bits per heavy atom. The van der Waals surface area contributed by atoms with Crippen molar-refractivity contribution in [1.82, 2.24) is 5.32 Å². The average Bonchev–Trinajstić information content (AvgIpc) is 2.61. The van der Waals surface area contributed by atoms with Crippen LogP contribution in [-0.2, 0) is 10.5 Å². The van der Waals surface area contributed by atoms with E-state index in [1.165, 1.54) is 5.56 Å². The third kappa shape index (κ3) is 6.80. The van der Waals surface area contributed by atoms with Crippen LogP contribution in [0.15, 0.2) is 59.5 Å². The van der Waals surface area contributed by atoms with Gasteiger partial charge in [0.05, 0.1) is 5.25 Å². The number of rotatable bonds is 9. The summed E-state index contributed by atoms with van der Waals surface area (Å²) in [5.41, 5.74) is 1.32. The molecule has 0 saturated carbocycles. The van der Waals surface area contributed by atoms with Gasteiger partial charge in [-0.15, -0.1) is 11.8 Å². The number of nitrogens with one attached hydrogen (secondary N) is 1. The largest absolute Gasteiger partial charge is 0.354 e. The summed E-state index contributed by atoms with van der Waals surface area (Å²) in [7, 11) is 0. The van der Waals surface area contributed by atoms with E-state index in [0.717, 1.165) is 22.8 Å². The van der Waals surface area contributed by atoms with Gasteiger partial charge < -0.3 is 5.32 Å². The van der Waals surface area contributed by atoms with Crippen LogP contribution in [0.4, 0.5) is 0 Å². The molecule has 0 fully saturated rings. The minimum atomic E-state index is -0.0645. The number of amides is 1. The van der Waals surface area contributed by atoms with Gasteiger partial charge in [-0.2, -0.15) is 11.8 Å². The van der Waals surface area contributed by atoms with Gasteiger partial charge in [0.1, 0.15) is 0 Å². The minimum absolute atomic E-state index is 0.0645. The number of carbonyl (C=O) groups excluding carboxylic acids is 1. The van der Waals surface area contributed by atoms with Gasteiger partial charge in [-0.25, -0.2) is 0 Å². The second-order valence-corrected chi connectivity index (χ2v) is 8.12. The molecule has 0 aliphatic carbocycles. The first kappa shape index (κ1) is 19.2. The molecule has 0 saturated heterocycles. The molecular weight excluding hydrogens is 358 g/mol. The normalized spacial score (nSPS) is 11.9. The second-order valence-electron chi connectivity index (χ2n) is 5.30. The summed E-state index contributed by atoms with van der Waals surface area (Å²) >= 11 is 9.32. The highest BCUT2D eigenvalue weighted by Crippen LogP contribution is 2.26. The van der Waals surface area contributed by atoms with Crippen molar-refractivity contribution in [2.45, 2.75) is 29.2 Å². The number of hydrogen-bond acceptors (Lipinski definition) is 3. The maximum atomic E-state index is 12.3. The lowest BCUT2D eigenvalue weighted by Crippen LogP contribution is -2.33. The Kier molecular flexibility index (Phi) is 8.57. The molecule has 1 amide bonds. The van der Waals surface area contributed by atoms with Crippen molar-refractivity contribution in [3.8, 4) is 0 Å². The van der Waals surface area contributed by atoms with Gasteiger partial charge in [-0.05, 0) is 36.2 Å². The monoisotopic (exact) mass is 379 g/mol. The molecule has 0 aromatic heterocycles. The molecule has 1 atom stereocenters. The van der Waals surface area contributed by atoms with Crippen molar-refractivity contribution >= 4 is 41.0 Å². The molecule has 0 radical (unpaired) electrons. The number of halogens is 1. The molecule has 2 aromatic rings. The molecule has 0 spiro atoms. The second kappa shape index (κ2) is 10.7. The lowest BCUT2D eigenvalue weighted by atomic mass is 10.2. The Labute approximate surface area is 157 Å². The lowest BCUT2D eigenvalue weighted by molar-refractivity contribution is -0.120. The Morgan fingerprint density at radius 1 is 1.12 bits per heavy atom. The van der Waals surface area contributed by atoms with Crippen molar-refractivity contribution in [3.63, 3.8) is 0 Å². The minimum Gasteiger partial charge on any atom is -0.354 e. The van der Waals surface area contributed by atoms with Crippen molar-refractivity contribution < 1.29 is 4.79 Å². The molecule has 2 nitrogen and oxygen atoms in total. The smallest absolute Gasteiger partial charge is 0.233 e. The quantitative estimate of drug-likeness (QED) is 0.476. The summed E-state index contributed by atoms with van der Waals surface area (Å²) in [5.74, 6) is 2.01. The molecule has 0 bridgehead atoms. The highest BCUT2D eigenvalue weighted by atomic mass is 35.5. The summed E-state index contributed by atoms with van der Waals surface area (Å²) in [4.78, 5) is 13.4. The molecule has 0 heterocycles. The molecule has 1 unspecified atom stereocenters. The molecule has 128 valence electrons. The zero-order valence-electron chi connectivity index (χ0n) is 13.7. The highest BCUT2D eigenvalue weighted by molar-refractivity contribution is 8.00. The van der Waals surface area contributed by atoms with Crippen LogP contribution in [-0.4, -0.2) is 23.5 Å². The SMILES string of the molecule is CCC(Sc1ccc(Cl)cc1)C(=O)NCCSCc1ccccc1. The van der Waals surface area contributed by atoms with Gasteiger partial charge in [-0.3, -0.25) is 4.79 Å². The van der Waals surface area contributed by atoms with Gasteiger partial charge in [0, 0.05) is 28.0 Å². The predicted octanol–water partition coefficient (Wildman–Crippen LogP) is 5.26. The van der Waals surface area contributed by atoms with E-state index in [9.17, 15) is 4.79 Å². The van der Waals surface area contributed by atoms with Gasteiger partial charge in [0.25, 0.3) is 0 Å². The highest BCUT2D eigenvalue weighted by Gasteiger charge is 2.17. The predicted molar refractivity (Wildman–Crippen MR) is 107 cm³/mol. The first-order valence-electron chi connectivity index (χ1n) is 8.00. The van der Waals surface area contributed by atoms with E-state index >= 15 is 0 Å². The molecule has 2 rings (SSSR count). The van der Waals surface area contributed by atoms with Gasteiger partial charge >= 0.3 is 0 Å². The first-order valence-corrected chi connectivity index (χ1v) is 10.4. The van der Waals surface area contributed by atoms with Crippen LogP contribution in [0.1, 0.15) is 18.9 Å². The van der Waals surface area contributed by atoms with Crippen molar-refractivity contribution in [2.75, 3.05) is 12.3 Å². The molecule has 2 aromatic carbocycles. The molecule has 0 aliphatic heterocycles. The van der Waals surface area contributed by atoms with E-state index in [0.29, 0.717) is 11.6 Å². The topological polar surface area (TPSA) is 29.1 Å². The standard InChI is InChI=1S/C19H22ClNOS2/c1-2-18(24-17-10-8-16(20)9-11-17)19(22)21-12-13-23-14-15-6-4-3-5-7-15/h3-11,18H,2,12-14H2,1H3,(H,21,22). The zero-order valence-corrected chi connectivity index (χ0v) is 16.1. The summed E-state index contributed by atoms with van der Waals surface area (Å²) < 4.78 is 0. The van der Waals surface area contributed by atoms with Gasteiger partial charge in [0.2, 0.25) is 5.91 Å². The summed E-state index contributed by atoms with van der Waals surface area (Å²) in [5, 5.41) is 3.70. The number of thioether (sulfide) groups is 2. The Balaban J connectivity index is 1.68. The Hall–Kier alpha value is -1.10. The Bertz CT molecular complexity index is 619. The average molecular weight is 380 g/mol. The fourth-order valence-electron chi connectivity index (χ4n) is 2.12. The fraction of sp³-hybridized carbons (Fsp3) is 0.316. The number of benzene rings is 2. The molecular formula is C19H22ClNOS2. The van der Waals surface area contributed by atoms with E-state index < -0.39 is 0 Å². The van der Waals surface area contributed by atoms with Crippen LogP contribution >= 0.6 is 35.1 Å². The van der Waals surface area contributed by atoms with Gasteiger partial charge in [-0.1, -0.05) is 48.9 Å². The van der Waals surface area contributed by atoms with Crippen LogP contribution < -0.4 is 5.32 Å². The molecule has 5 heteroatoms.